The maximum Gasteiger partial charge on any atom is 0.00500 e. The Bertz CT molecular complexity index is 180. The third kappa shape index (κ3) is 4.97. The molecule has 1 N–H and O–H groups in total. The Morgan fingerprint density at radius 2 is 1.82 bits per heavy atom. The van der Waals surface area contributed by atoms with Crippen molar-refractivity contribution in [1.82, 2.24) is 10.2 Å². The number of hydrogen-bond acceptors (Lipinski definition) is 2. The molecular formula is C15H32N2. The van der Waals surface area contributed by atoms with Gasteiger partial charge in [0.15, 0.2) is 0 Å². The molecule has 1 rings (SSSR count). The van der Waals surface area contributed by atoms with Crippen molar-refractivity contribution < 1.29 is 0 Å². The second kappa shape index (κ2) is 8.10. The van der Waals surface area contributed by atoms with Crippen molar-refractivity contribution in [1.29, 1.82) is 0 Å². The number of unbranched alkanes of at least 4 members (excludes halogenated alkanes) is 1. The van der Waals surface area contributed by atoms with Crippen LogP contribution in [-0.2, 0) is 0 Å². The SMILES string of the molecule is CCCCN(CC)CC1(CNC)CCCCC1. The van der Waals surface area contributed by atoms with Crippen LogP contribution in [0.2, 0.25) is 0 Å². The molecule has 0 saturated heterocycles. The standard InChI is InChI=1S/C15H32N2/c1-4-6-12-17(5-2)14-15(13-16-3)10-8-7-9-11-15/h16H,4-14H2,1-3H3. The Kier molecular flexibility index (Phi) is 7.14. The number of nitrogens with one attached hydrogen (secondary N) is 1. The molecule has 2 nitrogen and oxygen atoms in total. The van der Waals surface area contributed by atoms with E-state index in [0.717, 1.165) is 0 Å². The largest absolute Gasteiger partial charge is 0.319 e. The molecule has 2 heteroatoms. The average molecular weight is 240 g/mol. The van der Waals surface area contributed by atoms with E-state index in [1.165, 1.54) is 71.1 Å². The minimum absolute atomic E-state index is 0.566. The molecule has 0 bridgehead atoms. The zero-order valence-corrected chi connectivity index (χ0v) is 12.2. The fourth-order valence-corrected chi connectivity index (χ4v) is 3.27. The maximum absolute atomic E-state index is 3.44. The van der Waals surface area contributed by atoms with Crippen LogP contribution in [0.5, 0.6) is 0 Å². The zero-order chi connectivity index (χ0) is 12.6. The Morgan fingerprint density at radius 3 is 2.35 bits per heavy atom. The van der Waals surface area contributed by atoms with Crippen LogP contribution in [0.25, 0.3) is 0 Å². The summed E-state index contributed by atoms with van der Waals surface area (Å²) in [4.78, 5) is 2.67. The van der Waals surface area contributed by atoms with E-state index in [2.05, 4.69) is 31.1 Å². The molecule has 17 heavy (non-hydrogen) atoms. The van der Waals surface area contributed by atoms with E-state index in [0.29, 0.717) is 5.41 Å². The fraction of sp³-hybridized carbons (Fsp3) is 1.00. The number of nitrogens with zero attached hydrogens (tertiary/aromatic N) is 1. The van der Waals surface area contributed by atoms with Crippen LogP contribution >= 0.6 is 0 Å². The van der Waals surface area contributed by atoms with E-state index in [1.807, 2.05) is 0 Å². The maximum atomic E-state index is 3.44. The quantitative estimate of drug-likeness (QED) is 0.700. The van der Waals surface area contributed by atoms with E-state index in [4.69, 9.17) is 0 Å². The van der Waals surface area contributed by atoms with Crippen molar-refractivity contribution in [2.45, 2.75) is 58.8 Å². The smallest absolute Gasteiger partial charge is 0.00500 e. The van der Waals surface area contributed by atoms with Crippen LogP contribution in [0.1, 0.15) is 58.8 Å². The molecule has 1 fully saturated rings. The van der Waals surface area contributed by atoms with Crippen LogP contribution < -0.4 is 5.32 Å². The summed E-state index contributed by atoms with van der Waals surface area (Å²) >= 11 is 0. The third-order valence-corrected chi connectivity index (χ3v) is 4.30. The van der Waals surface area contributed by atoms with Crippen molar-refractivity contribution >= 4 is 0 Å². The van der Waals surface area contributed by atoms with E-state index < -0.39 is 0 Å². The number of hydrogen-bond donors (Lipinski definition) is 1. The molecule has 0 aromatic heterocycles. The van der Waals surface area contributed by atoms with E-state index >= 15 is 0 Å². The van der Waals surface area contributed by atoms with Gasteiger partial charge in [-0.1, -0.05) is 39.5 Å². The molecule has 0 heterocycles. The fourth-order valence-electron chi connectivity index (χ4n) is 3.27. The highest BCUT2D eigenvalue weighted by atomic mass is 15.1. The lowest BCUT2D eigenvalue weighted by Crippen LogP contribution is -2.45. The van der Waals surface area contributed by atoms with Crippen molar-refractivity contribution in [3.8, 4) is 0 Å². The van der Waals surface area contributed by atoms with Crippen molar-refractivity contribution in [3.63, 3.8) is 0 Å². The summed E-state index contributed by atoms with van der Waals surface area (Å²) < 4.78 is 0. The lowest BCUT2D eigenvalue weighted by atomic mass is 9.73. The molecule has 0 aromatic rings. The monoisotopic (exact) mass is 240 g/mol. The molecule has 0 amide bonds. The van der Waals surface area contributed by atoms with Gasteiger partial charge in [0.05, 0.1) is 0 Å². The minimum Gasteiger partial charge on any atom is -0.319 e. The lowest BCUT2D eigenvalue weighted by molar-refractivity contribution is 0.106. The predicted molar refractivity (Wildman–Crippen MR) is 76.5 cm³/mol. The van der Waals surface area contributed by atoms with E-state index in [9.17, 15) is 0 Å². The van der Waals surface area contributed by atoms with Crippen LogP contribution in [0.4, 0.5) is 0 Å². The summed E-state index contributed by atoms with van der Waals surface area (Å²) in [5, 5.41) is 3.44. The molecule has 1 aliphatic carbocycles. The summed E-state index contributed by atoms with van der Waals surface area (Å²) in [6.45, 7) is 9.62. The summed E-state index contributed by atoms with van der Waals surface area (Å²) in [5.74, 6) is 0. The first-order valence-electron chi connectivity index (χ1n) is 7.63. The second-order valence-electron chi connectivity index (χ2n) is 5.81. The second-order valence-corrected chi connectivity index (χ2v) is 5.81. The Balaban J connectivity index is 2.50. The van der Waals surface area contributed by atoms with Gasteiger partial charge in [-0.15, -0.1) is 0 Å². The molecule has 102 valence electrons. The Morgan fingerprint density at radius 1 is 1.12 bits per heavy atom. The van der Waals surface area contributed by atoms with Gasteiger partial charge in [-0.3, -0.25) is 0 Å². The summed E-state index contributed by atoms with van der Waals surface area (Å²) in [5.41, 5.74) is 0.566. The van der Waals surface area contributed by atoms with Gasteiger partial charge in [0, 0.05) is 13.1 Å². The van der Waals surface area contributed by atoms with Gasteiger partial charge in [0.25, 0.3) is 0 Å². The molecule has 0 aromatic carbocycles. The lowest BCUT2D eigenvalue weighted by Gasteiger charge is -2.41. The summed E-state index contributed by atoms with van der Waals surface area (Å²) in [7, 11) is 2.11. The molecule has 0 spiro atoms. The summed E-state index contributed by atoms with van der Waals surface area (Å²) in [6.07, 6.45) is 9.85. The van der Waals surface area contributed by atoms with Crippen molar-refractivity contribution in [3.05, 3.63) is 0 Å². The molecule has 0 aliphatic heterocycles. The molecule has 0 unspecified atom stereocenters. The first-order chi connectivity index (χ1) is 8.26. The highest BCUT2D eigenvalue weighted by Gasteiger charge is 2.32. The number of rotatable bonds is 8. The van der Waals surface area contributed by atoms with Gasteiger partial charge in [-0.2, -0.15) is 0 Å². The van der Waals surface area contributed by atoms with E-state index in [-0.39, 0.29) is 0 Å². The molecule has 0 atom stereocenters. The molecule has 0 radical (unpaired) electrons. The minimum atomic E-state index is 0.566. The summed E-state index contributed by atoms with van der Waals surface area (Å²) in [6, 6.07) is 0. The van der Waals surface area contributed by atoms with Crippen molar-refractivity contribution in [2.24, 2.45) is 5.41 Å². The van der Waals surface area contributed by atoms with Gasteiger partial charge < -0.3 is 10.2 Å². The van der Waals surface area contributed by atoms with Gasteiger partial charge in [-0.05, 0) is 44.8 Å². The predicted octanol–water partition coefficient (Wildman–Crippen LogP) is 3.28. The van der Waals surface area contributed by atoms with Gasteiger partial charge >= 0.3 is 0 Å². The van der Waals surface area contributed by atoms with Gasteiger partial charge in [0.1, 0.15) is 0 Å². The topological polar surface area (TPSA) is 15.3 Å². The zero-order valence-electron chi connectivity index (χ0n) is 12.2. The first kappa shape index (κ1) is 15.0. The Hall–Kier alpha value is -0.0800. The van der Waals surface area contributed by atoms with Crippen LogP contribution in [-0.4, -0.2) is 38.1 Å². The van der Waals surface area contributed by atoms with Crippen molar-refractivity contribution in [2.75, 3.05) is 33.2 Å². The molecule has 1 saturated carbocycles. The third-order valence-electron chi connectivity index (χ3n) is 4.30. The first-order valence-corrected chi connectivity index (χ1v) is 7.63. The van der Waals surface area contributed by atoms with Gasteiger partial charge in [0.2, 0.25) is 0 Å². The van der Waals surface area contributed by atoms with E-state index in [1.54, 1.807) is 0 Å². The molecular weight excluding hydrogens is 208 g/mol. The highest BCUT2D eigenvalue weighted by molar-refractivity contribution is 4.87. The normalized spacial score (nSPS) is 19.8. The molecule has 1 aliphatic rings. The van der Waals surface area contributed by atoms with Crippen LogP contribution in [0.3, 0.4) is 0 Å². The average Bonchev–Trinajstić information content (AvgIpc) is 2.36. The Labute approximate surface area is 108 Å². The van der Waals surface area contributed by atoms with Crippen LogP contribution in [0.15, 0.2) is 0 Å². The van der Waals surface area contributed by atoms with Crippen LogP contribution in [0, 0.1) is 5.41 Å². The highest BCUT2D eigenvalue weighted by Crippen LogP contribution is 2.36. The van der Waals surface area contributed by atoms with Gasteiger partial charge in [-0.25, -0.2) is 0 Å².